The first-order chi connectivity index (χ1) is 22.2. The molecule has 2 bridgehead atoms. The Labute approximate surface area is 265 Å². The number of nitrogens with zero attached hydrogens (tertiary/aromatic N) is 1. The van der Waals surface area contributed by atoms with Gasteiger partial charge in [-0.2, -0.15) is 0 Å². The van der Waals surface area contributed by atoms with Crippen LogP contribution in [-0.4, -0.2) is 104 Å². The number of benzene rings is 1. The number of carbonyl (C=O) groups is 7. The Balaban J connectivity index is 0.930. The number of hydrogen-bond donors (Lipinski definition) is 4. The van der Waals surface area contributed by atoms with Crippen LogP contribution in [0.4, 0.5) is 0 Å². The lowest BCUT2D eigenvalue weighted by atomic mass is 9.57. The largest absolute Gasteiger partial charge is 0.483 e. The van der Waals surface area contributed by atoms with Crippen LogP contribution < -0.4 is 26.0 Å². The van der Waals surface area contributed by atoms with E-state index < -0.39 is 42.2 Å². The predicted octanol–water partition coefficient (Wildman–Crippen LogP) is -0.429. The maximum absolute atomic E-state index is 13.1. The van der Waals surface area contributed by atoms with Crippen LogP contribution in [0.3, 0.4) is 0 Å². The summed E-state index contributed by atoms with van der Waals surface area (Å²) in [5.41, 5.74) is -0.456. The van der Waals surface area contributed by atoms with Crippen molar-refractivity contribution in [3.05, 3.63) is 29.3 Å². The first kappa shape index (κ1) is 33.0. The van der Waals surface area contributed by atoms with Crippen molar-refractivity contribution in [3.8, 4) is 5.75 Å². The first-order valence-electron chi connectivity index (χ1n) is 15.6. The fraction of sp³-hybridized carbons (Fsp3) is 0.581. The Kier molecular flexibility index (Phi) is 10.3. The molecule has 1 atom stereocenters. The van der Waals surface area contributed by atoms with Gasteiger partial charge in [0, 0.05) is 30.5 Å². The van der Waals surface area contributed by atoms with Crippen molar-refractivity contribution in [2.45, 2.75) is 62.9 Å². The molecule has 1 unspecified atom stereocenters. The second kappa shape index (κ2) is 14.4. The van der Waals surface area contributed by atoms with Crippen molar-refractivity contribution in [3.63, 3.8) is 0 Å². The molecule has 4 fully saturated rings. The number of rotatable bonds is 16. The molecule has 3 saturated carbocycles. The Morgan fingerprint density at radius 3 is 2.24 bits per heavy atom. The molecule has 0 spiro atoms. The van der Waals surface area contributed by atoms with E-state index in [1.165, 1.54) is 18.2 Å². The van der Waals surface area contributed by atoms with E-state index in [0.717, 1.165) is 49.8 Å². The van der Waals surface area contributed by atoms with Gasteiger partial charge in [0.15, 0.2) is 6.61 Å². The van der Waals surface area contributed by atoms with E-state index >= 15 is 0 Å². The van der Waals surface area contributed by atoms with Crippen molar-refractivity contribution in [1.29, 1.82) is 0 Å². The van der Waals surface area contributed by atoms with Crippen LogP contribution in [-0.2, 0) is 33.4 Å². The monoisotopic (exact) mass is 641 g/mol. The molecule has 15 nitrogen and oxygen atoms in total. The lowest BCUT2D eigenvalue weighted by Crippen LogP contribution is -2.58. The fourth-order valence-electron chi connectivity index (χ4n) is 6.68. The summed E-state index contributed by atoms with van der Waals surface area (Å²) in [4.78, 5) is 86.6. The van der Waals surface area contributed by atoms with Crippen LogP contribution in [0.15, 0.2) is 18.2 Å². The van der Waals surface area contributed by atoms with Gasteiger partial charge in [0.05, 0.1) is 37.6 Å². The number of ether oxygens (including phenoxy) is 3. The highest BCUT2D eigenvalue weighted by atomic mass is 16.5. The predicted molar refractivity (Wildman–Crippen MR) is 158 cm³/mol. The van der Waals surface area contributed by atoms with E-state index in [9.17, 15) is 33.6 Å². The summed E-state index contributed by atoms with van der Waals surface area (Å²) in [6.45, 7) is 1.38. The molecular weight excluding hydrogens is 602 g/mol. The molecule has 0 radical (unpaired) electrons. The van der Waals surface area contributed by atoms with Gasteiger partial charge in [-0.25, -0.2) is 0 Å². The van der Waals surface area contributed by atoms with Crippen molar-refractivity contribution in [2.24, 2.45) is 5.41 Å². The Hall–Kier alpha value is -4.37. The SMILES string of the molecule is O=CNC12CCC(C(=O)NCCOCCOCCNC(=O)COc3cccc4c3C(=O)N(C3CCC(=O)NC3=O)C4=O)(CC1)CC2. The number of fused-ring (bicyclic) bond motifs is 4. The second-order valence-corrected chi connectivity index (χ2v) is 12.1. The Morgan fingerprint density at radius 1 is 0.913 bits per heavy atom. The van der Waals surface area contributed by atoms with Crippen LogP contribution in [0.2, 0.25) is 0 Å². The van der Waals surface area contributed by atoms with Gasteiger partial charge in [-0.1, -0.05) is 6.07 Å². The van der Waals surface area contributed by atoms with E-state index in [-0.39, 0.29) is 59.7 Å². The minimum atomic E-state index is -1.10. The third-order valence-corrected chi connectivity index (χ3v) is 9.35. The van der Waals surface area contributed by atoms with Gasteiger partial charge >= 0.3 is 0 Å². The van der Waals surface area contributed by atoms with E-state index in [1.807, 2.05) is 0 Å². The summed E-state index contributed by atoms with van der Waals surface area (Å²) in [6, 6.07) is 3.32. The number of hydrogen-bond acceptors (Lipinski definition) is 10. The van der Waals surface area contributed by atoms with E-state index in [4.69, 9.17) is 14.2 Å². The highest BCUT2D eigenvalue weighted by Gasteiger charge is 2.52. The van der Waals surface area contributed by atoms with Crippen LogP contribution in [0.5, 0.6) is 5.75 Å². The number of piperidine rings is 1. The van der Waals surface area contributed by atoms with Crippen LogP contribution in [0, 0.1) is 5.41 Å². The average Bonchev–Trinajstić information content (AvgIpc) is 3.31. The zero-order chi connectivity index (χ0) is 32.7. The third kappa shape index (κ3) is 7.04. The first-order valence-corrected chi connectivity index (χ1v) is 15.6. The van der Waals surface area contributed by atoms with E-state index in [0.29, 0.717) is 26.4 Å². The lowest BCUT2D eigenvalue weighted by molar-refractivity contribution is -0.139. The van der Waals surface area contributed by atoms with Gasteiger partial charge in [-0.3, -0.25) is 43.8 Å². The van der Waals surface area contributed by atoms with Crippen LogP contribution in [0.25, 0.3) is 0 Å². The molecule has 2 aliphatic heterocycles. The number of carbonyl (C=O) groups excluding carboxylic acids is 7. The van der Waals surface area contributed by atoms with Gasteiger partial charge in [0.25, 0.3) is 17.7 Å². The Morgan fingerprint density at radius 2 is 1.59 bits per heavy atom. The highest BCUT2D eigenvalue weighted by molar-refractivity contribution is 6.24. The topological polar surface area (TPSA) is 199 Å². The van der Waals surface area contributed by atoms with Gasteiger partial charge in [0.2, 0.25) is 24.1 Å². The molecular formula is C31H39N5O10. The van der Waals surface area contributed by atoms with Crippen LogP contribution in [0.1, 0.15) is 72.1 Å². The van der Waals surface area contributed by atoms with Gasteiger partial charge in [-0.05, 0) is 57.1 Å². The molecule has 5 aliphatic rings. The third-order valence-electron chi connectivity index (χ3n) is 9.35. The summed E-state index contributed by atoms with van der Waals surface area (Å²) < 4.78 is 16.6. The maximum atomic E-state index is 13.1. The molecule has 248 valence electrons. The van der Waals surface area contributed by atoms with Gasteiger partial charge < -0.3 is 30.2 Å². The van der Waals surface area contributed by atoms with Crippen molar-refractivity contribution >= 4 is 41.9 Å². The molecule has 4 N–H and O–H groups in total. The molecule has 15 heteroatoms. The highest BCUT2D eigenvalue weighted by Crippen LogP contribution is 2.52. The molecule has 2 heterocycles. The zero-order valence-corrected chi connectivity index (χ0v) is 25.5. The second-order valence-electron chi connectivity index (χ2n) is 12.1. The molecule has 7 amide bonds. The number of nitrogens with one attached hydrogen (secondary N) is 4. The minimum absolute atomic E-state index is 0.00932. The number of imide groups is 2. The van der Waals surface area contributed by atoms with E-state index in [1.54, 1.807) is 0 Å². The molecule has 1 aromatic carbocycles. The average molecular weight is 642 g/mol. The van der Waals surface area contributed by atoms with Gasteiger partial charge in [-0.15, -0.1) is 0 Å². The summed E-state index contributed by atoms with van der Waals surface area (Å²) in [7, 11) is 0. The Bertz CT molecular complexity index is 1370. The summed E-state index contributed by atoms with van der Waals surface area (Å²) >= 11 is 0. The normalized spacial score (nSPS) is 25.1. The quantitative estimate of drug-likeness (QED) is 0.104. The van der Waals surface area contributed by atoms with E-state index in [2.05, 4.69) is 21.3 Å². The van der Waals surface area contributed by atoms with Crippen LogP contribution >= 0.6 is 0 Å². The van der Waals surface area contributed by atoms with Gasteiger partial charge in [0.1, 0.15) is 11.8 Å². The van der Waals surface area contributed by atoms with Crippen molar-refractivity contribution < 1.29 is 47.8 Å². The standard InChI is InChI=1S/C31H39N5O10/c37-19-34-31-9-6-30(7-10-31,8-11-31)29(43)33-13-15-45-17-16-44-14-12-32-24(39)18-46-22-3-1-2-20-25(22)28(42)36(27(20)41)21-4-5-23(38)35-26(21)40/h1-3,19,21H,4-18H2,(H,32,39)(H,33,43)(H,34,37)(H,35,38,40). The molecule has 6 rings (SSSR count). The lowest BCUT2D eigenvalue weighted by Gasteiger charge is -2.52. The summed E-state index contributed by atoms with van der Waals surface area (Å²) in [5, 5.41) is 10.7. The van der Waals surface area contributed by atoms with Crippen molar-refractivity contribution in [1.82, 2.24) is 26.2 Å². The molecule has 1 aromatic rings. The fourth-order valence-corrected chi connectivity index (χ4v) is 6.68. The summed E-state index contributed by atoms with van der Waals surface area (Å²) in [6.07, 6.45) is 5.61. The minimum Gasteiger partial charge on any atom is -0.483 e. The molecule has 1 saturated heterocycles. The smallest absolute Gasteiger partial charge is 0.266 e. The van der Waals surface area contributed by atoms with Crippen molar-refractivity contribution in [2.75, 3.05) is 46.1 Å². The number of amides is 7. The zero-order valence-electron chi connectivity index (χ0n) is 25.5. The molecule has 3 aliphatic carbocycles. The molecule has 0 aromatic heterocycles. The molecule has 46 heavy (non-hydrogen) atoms. The summed E-state index contributed by atoms with van der Waals surface area (Å²) in [5.74, 6) is -2.93. The maximum Gasteiger partial charge on any atom is 0.266 e.